The Hall–Kier alpha value is -1.54. The summed E-state index contributed by atoms with van der Waals surface area (Å²) in [6.45, 7) is 0. The van der Waals surface area contributed by atoms with E-state index in [-0.39, 0.29) is 4.90 Å². The predicted molar refractivity (Wildman–Crippen MR) is 62.4 cm³/mol. The summed E-state index contributed by atoms with van der Waals surface area (Å²) in [4.78, 5) is 0.194. The quantitative estimate of drug-likeness (QED) is 0.823. The van der Waals surface area contributed by atoms with Crippen LogP contribution in [0.15, 0.2) is 29.2 Å². The number of hydrogen-bond acceptors (Lipinski definition) is 4. The molecule has 2 rings (SSSR count). The van der Waals surface area contributed by atoms with Crippen molar-refractivity contribution < 1.29 is 13.2 Å². The van der Waals surface area contributed by atoms with Crippen LogP contribution in [0.5, 0.6) is 5.75 Å². The van der Waals surface area contributed by atoms with Crippen LogP contribution in [0.2, 0.25) is 0 Å². The van der Waals surface area contributed by atoms with E-state index >= 15 is 0 Å². The molecule has 0 aromatic heterocycles. The van der Waals surface area contributed by atoms with Gasteiger partial charge in [0.1, 0.15) is 5.75 Å². The van der Waals surface area contributed by atoms with Crippen LogP contribution in [0.3, 0.4) is 0 Å². The summed E-state index contributed by atoms with van der Waals surface area (Å²) < 4.78 is 28.4. The summed E-state index contributed by atoms with van der Waals surface area (Å²) >= 11 is 0. The van der Waals surface area contributed by atoms with Gasteiger partial charge in [0.25, 0.3) is 0 Å². The summed E-state index contributed by atoms with van der Waals surface area (Å²) in [5.74, 6) is 0.601. The third kappa shape index (κ3) is 1.69. The number of nitrogens with zero attached hydrogens (tertiary/aromatic N) is 1. The lowest BCUT2D eigenvalue weighted by Crippen LogP contribution is -2.43. The van der Waals surface area contributed by atoms with Crippen molar-refractivity contribution in [2.24, 2.45) is 0 Å². The average Bonchev–Trinajstić information content (AvgIpc) is 2.28. The summed E-state index contributed by atoms with van der Waals surface area (Å²) in [5, 5.41) is 9.08. The molecule has 1 aromatic carbocycles. The molecular weight excluding hydrogens is 238 g/mol. The Balaban J connectivity index is 2.42. The third-order valence-electron chi connectivity index (χ3n) is 3.25. The zero-order valence-corrected chi connectivity index (χ0v) is 10.3. The van der Waals surface area contributed by atoms with Crippen molar-refractivity contribution in [3.63, 3.8) is 0 Å². The van der Waals surface area contributed by atoms with Gasteiger partial charge in [0.05, 0.1) is 18.1 Å². The monoisotopic (exact) mass is 251 g/mol. The minimum atomic E-state index is -3.56. The molecule has 0 aliphatic heterocycles. The molecule has 0 saturated heterocycles. The van der Waals surface area contributed by atoms with Crippen molar-refractivity contribution in [2.45, 2.75) is 28.9 Å². The van der Waals surface area contributed by atoms with Gasteiger partial charge in [-0.2, -0.15) is 5.26 Å². The van der Waals surface area contributed by atoms with Gasteiger partial charge in [0, 0.05) is 0 Å². The maximum atomic E-state index is 12.3. The van der Waals surface area contributed by atoms with Crippen molar-refractivity contribution >= 4 is 9.84 Å². The number of benzene rings is 1. The Kier molecular flexibility index (Phi) is 2.84. The molecule has 5 heteroatoms. The predicted octanol–water partition coefficient (Wildman–Crippen LogP) is 1.92. The molecule has 0 unspecified atom stereocenters. The fraction of sp³-hybridized carbons (Fsp3) is 0.417. The second kappa shape index (κ2) is 4.04. The number of rotatable bonds is 3. The Morgan fingerprint density at radius 2 is 1.88 bits per heavy atom. The molecule has 0 atom stereocenters. The third-order valence-corrected chi connectivity index (χ3v) is 5.67. The molecule has 4 nitrogen and oxygen atoms in total. The van der Waals surface area contributed by atoms with Gasteiger partial charge in [-0.1, -0.05) is 0 Å². The number of hydrogen-bond donors (Lipinski definition) is 0. The van der Waals surface area contributed by atoms with Crippen LogP contribution in [-0.4, -0.2) is 20.3 Å². The highest BCUT2D eigenvalue weighted by atomic mass is 32.2. The van der Waals surface area contributed by atoms with Gasteiger partial charge in [-0.25, -0.2) is 8.42 Å². The molecule has 1 aromatic rings. The van der Waals surface area contributed by atoms with Crippen molar-refractivity contribution in [2.75, 3.05) is 7.11 Å². The number of nitriles is 1. The van der Waals surface area contributed by atoms with Gasteiger partial charge < -0.3 is 4.74 Å². The molecule has 1 aliphatic carbocycles. The minimum Gasteiger partial charge on any atom is -0.497 e. The molecule has 90 valence electrons. The SMILES string of the molecule is COc1ccc(S(=O)(=O)C2(C#N)CCC2)cc1. The van der Waals surface area contributed by atoms with Crippen LogP contribution < -0.4 is 4.74 Å². The average molecular weight is 251 g/mol. The van der Waals surface area contributed by atoms with Crippen LogP contribution in [0, 0.1) is 11.3 Å². The zero-order chi connectivity index (χ0) is 12.5. The summed E-state index contributed by atoms with van der Waals surface area (Å²) in [6.07, 6.45) is 1.65. The van der Waals surface area contributed by atoms with Crippen molar-refractivity contribution in [1.82, 2.24) is 0 Å². The Labute approximate surface area is 101 Å². The van der Waals surface area contributed by atoms with Crippen LogP contribution in [-0.2, 0) is 9.84 Å². The summed E-state index contributed by atoms with van der Waals surface area (Å²) in [7, 11) is -2.04. The van der Waals surface area contributed by atoms with Crippen LogP contribution >= 0.6 is 0 Å². The molecule has 1 saturated carbocycles. The van der Waals surface area contributed by atoms with Crippen LogP contribution in [0.4, 0.5) is 0 Å². The molecular formula is C12H13NO3S. The van der Waals surface area contributed by atoms with Gasteiger partial charge in [-0.05, 0) is 43.5 Å². The molecule has 0 bridgehead atoms. The molecule has 0 N–H and O–H groups in total. The molecule has 0 heterocycles. The van der Waals surface area contributed by atoms with Gasteiger partial charge in [-0.15, -0.1) is 0 Å². The molecule has 1 fully saturated rings. The molecule has 17 heavy (non-hydrogen) atoms. The fourth-order valence-electron chi connectivity index (χ4n) is 1.92. The van der Waals surface area contributed by atoms with Gasteiger partial charge >= 0.3 is 0 Å². The lowest BCUT2D eigenvalue weighted by atomic mass is 9.86. The van der Waals surface area contributed by atoms with E-state index in [4.69, 9.17) is 10.00 Å². The second-order valence-electron chi connectivity index (χ2n) is 4.14. The second-order valence-corrected chi connectivity index (χ2v) is 6.40. The van der Waals surface area contributed by atoms with Crippen molar-refractivity contribution in [3.8, 4) is 11.8 Å². The van der Waals surface area contributed by atoms with E-state index in [2.05, 4.69) is 0 Å². The maximum Gasteiger partial charge on any atom is 0.197 e. The highest BCUT2D eigenvalue weighted by Crippen LogP contribution is 2.42. The van der Waals surface area contributed by atoms with Crippen LogP contribution in [0.1, 0.15) is 19.3 Å². The fourth-order valence-corrected chi connectivity index (χ4v) is 3.81. The first-order valence-corrected chi connectivity index (χ1v) is 6.84. The van der Waals surface area contributed by atoms with E-state index < -0.39 is 14.6 Å². The van der Waals surface area contributed by atoms with E-state index in [1.54, 1.807) is 12.1 Å². The molecule has 0 spiro atoms. The first-order chi connectivity index (χ1) is 8.05. The highest BCUT2D eigenvalue weighted by Gasteiger charge is 2.50. The topological polar surface area (TPSA) is 67.2 Å². The lowest BCUT2D eigenvalue weighted by molar-refractivity contribution is 0.405. The number of methoxy groups -OCH3 is 1. The summed E-state index contributed by atoms with van der Waals surface area (Å²) in [6, 6.07) is 8.13. The molecule has 0 amide bonds. The Morgan fingerprint density at radius 1 is 1.29 bits per heavy atom. The minimum absolute atomic E-state index is 0.194. The lowest BCUT2D eigenvalue weighted by Gasteiger charge is -2.34. The van der Waals surface area contributed by atoms with Gasteiger partial charge in [0.2, 0.25) is 0 Å². The van der Waals surface area contributed by atoms with E-state index in [9.17, 15) is 8.42 Å². The van der Waals surface area contributed by atoms with Crippen LogP contribution in [0.25, 0.3) is 0 Å². The van der Waals surface area contributed by atoms with E-state index in [0.717, 1.165) is 6.42 Å². The first-order valence-electron chi connectivity index (χ1n) is 5.36. The molecule has 1 aliphatic rings. The van der Waals surface area contributed by atoms with E-state index in [1.165, 1.54) is 19.2 Å². The number of sulfone groups is 1. The van der Waals surface area contributed by atoms with Crippen molar-refractivity contribution in [1.29, 1.82) is 5.26 Å². The normalized spacial score (nSPS) is 17.9. The van der Waals surface area contributed by atoms with Crippen molar-refractivity contribution in [3.05, 3.63) is 24.3 Å². The Morgan fingerprint density at radius 3 is 2.24 bits per heavy atom. The molecule has 0 radical (unpaired) electrons. The zero-order valence-electron chi connectivity index (χ0n) is 9.51. The summed E-state index contributed by atoms with van der Waals surface area (Å²) in [5.41, 5.74) is 0. The van der Waals surface area contributed by atoms with Gasteiger partial charge in [0.15, 0.2) is 14.6 Å². The maximum absolute atomic E-state index is 12.3. The van der Waals surface area contributed by atoms with E-state index in [1.807, 2.05) is 6.07 Å². The smallest absolute Gasteiger partial charge is 0.197 e. The largest absolute Gasteiger partial charge is 0.497 e. The highest BCUT2D eigenvalue weighted by molar-refractivity contribution is 7.93. The standard InChI is InChI=1S/C12H13NO3S/c1-16-10-3-5-11(6-4-10)17(14,15)12(9-13)7-2-8-12/h3-6H,2,7-8H2,1H3. The number of ether oxygens (including phenoxy) is 1. The van der Waals surface area contributed by atoms with Gasteiger partial charge in [-0.3, -0.25) is 0 Å². The Bertz CT molecular complexity index is 550. The van der Waals surface area contributed by atoms with E-state index in [0.29, 0.717) is 18.6 Å². The first kappa shape index (κ1) is 11.9.